The van der Waals surface area contributed by atoms with E-state index in [0.717, 1.165) is 24.9 Å². The van der Waals surface area contributed by atoms with E-state index in [2.05, 4.69) is 4.90 Å². The van der Waals surface area contributed by atoms with Gasteiger partial charge in [0.25, 0.3) is 0 Å². The Balaban J connectivity index is 1.47. The van der Waals surface area contributed by atoms with Crippen molar-refractivity contribution in [3.63, 3.8) is 0 Å². The molecule has 2 heterocycles. The van der Waals surface area contributed by atoms with Gasteiger partial charge in [-0.1, -0.05) is 24.6 Å². The van der Waals surface area contributed by atoms with Crippen LogP contribution in [0, 0.1) is 0 Å². The van der Waals surface area contributed by atoms with Crippen molar-refractivity contribution in [1.82, 2.24) is 8.61 Å². The fourth-order valence-electron chi connectivity index (χ4n) is 4.32. The van der Waals surface area contributed by atoms with Gasteiger partial charge in [0.15, 0.2) is 0 Å². The number of nitrogens with zero attached hydrogens (tertiary/aromatic N) is 3. The minimum Gasteiger partial charge on any atom is -0.369 e. The van der Waals surface area contributed by atoms with Crippen LogP contribution in [-0.4, -0.2) is 64.2 Å². The maximum atomic E-state index is 13.1. The molecule has 0 N–H and O–H groups in total. The molecule has 2 aromatic rings. The Morgan fingerprint density at radius 3 is 1.87 bits per heavy atom. The van der Waals surface area contributed by atoms with Gasteiger partial charge in [-0.25, -0.2) is 16.8 Å². The molecule has 31 heavy (non-hydrogen) atoms. The average molecular weight is 464 g/mol. The number of hydrogen-bond donors (Lipinski definition) is 0. The lowest BCUT2D eigenvalue weighted by Crippen LogP contribution is -2.48. The van der Waals surface area contributed by atoms with Crippen LogP contribution >= 0.6 is 0 Å². The van der Waals surface area contributed by atoms with Gasteiger partial charge in [0.2, 0.25) is 20.0 Å². The van der Waals surface area contributed by atoms with Gasteiger partial charge in [0.05, 0.1) is 9.79 Å². The fourth-order valence-corrected chi connectivity index (χ4v) is 7.44. The third-order valence-electron chi connectivity index (χ3n) is 6.17. The van der Waals surface area contributed by atoms with Crippen LogP contribution in [0.25, 0.3) is 0 Å². The Labute approximate surface area is 185 Å². The summed E-state index contributed by atoms with van der Waals surface area (Å²) in [7, 11) is -7.29. The monoisotopic (exact) mass is 463 g/mol. The maximum absolute atomic E-state index is 13.1. The van der Waals surface area contributed by atoms with Gasteiger partial charge >= 0.3 is 0 Å². The number of piperidine rings is 1. The normalized spacial score (nSPS) is 21.8. The van der Waals surface area contributed by atoms with Gasteiger partial charge in [-0.05, 0) is 56.2 Å². The van der Waals surface area contributed by atoms with Gasteiger partial charge in [-0.2, -0.15) is 8.61 Å². The average Bonchev–Trinajstić information content (AvgIpc) is 2.80. The van der Waals surface area contributed by atoms with Crippen LogP contribution < -0.4 is 4.90 Å². The molecule has 2 aliphatic rings. The Bertz CT molecular complexity index is 1100. The number of benzene rings is 2. The molecule has 2 aliphatic heterocycles. The highest BCUT2D eigenvalue weighted by Crippen LogP contribution is 2.27. The first-order chi connectivity index (χ1) is 14.8. The summed E-state index contributed by atoms with van der Waals surface area (Å²) in [5.41, 5.74) is 1.08. The Hall–Kier alpha value is -1.94. The third-order valence-corrected chi connectivity index (χ3v) is 10.1. The Morgan fingerprint density at radius 1 is 0.710 bits per heavy atom. The molecule has 168 valence electrons. The van der Waals surface area contributed by atoms with Crippen LogP contribution in [0.1, 0.15) is 26.2 Å². The smallest absolute Gasteiger partial charge is 0.243 e. The van der Waals surface area contributed by atoms with E-state index in [-0.39, 0.29) is 15.8 Å². The van der Waals surface area contributed by atoms with Crippen molar-refractivity contribution in [3.8, 4) is 0 Å². The van der Waals surface area contributed by atoms with Crippen molar-refractivity contribution >= 4 is 25.7 Å². The van der Waals surface area contributed by atoms with E-state index in [1.807, 2.05) is 37.3 Å². The summed E-state index contributed by atoms with van der Waals surface area (Å²) in [6.45, 7) is 4.44. The van der Waals surface area contributed by atoms with Crippen molar-refractivity contribution in [2.24, 2.45) is 0 Å². The number of hydrogen-bond acceptors (Lipinski definition) is 5. The van der Waals surface area contributed by atoms with E-state index in [1.54, 1.807) is 0 Å². The molecular weight excluding hydrogens is 434 g/mol. The van der Waals surface area contributed by atoms with Crippen molar-refractivity contribution in [1.29, 1.82) is 0 Å². The molecule has 0 spiro atoms. The lowest BCUT2D eigenvalue weighted by molar-refractivity contribution is 0.268. The summed E-state index contributed by atoms with van der Waals surface area (Å²) in [6.07, 6.45) is 2.73. The summed E-state index contributed by atoms with van der Waals surface area (Å²) in [6, 6.07) is 15.6. The molecule has 0 aromatic heterocycles. The minimum absolute atomic E-state index is 0.0388. The van der Waals surface area contributed by atoms with E-state index in [0.29, 0.717) is 32.7 Å². The van der Waals surface area contributed by atoms with Gasteiger partial charge in [0, 0.05) is 44.5 Å². The molecule has 7 nitrogen and oxygen atoms in total. The van der Waals surface area contributed by atoms with Crippen LogP contribution in [0.15, 0.2) is 64.4 Å². The second-order valence-electron chi connectivity index (χ2n) is 8.16. The van der Waals surface area contributed by atoms with E-state index in [1.165, 1.54) is 32.9 Å². The van der Waals surface area contributed by atoms with Gasteiger partial charge < -0.3 is 4.90 Å². The van der Waals surface area contributed by atoms with Crippen LogP contribution in [-0.2, 0) is 20.0 Å². The quantitative estimate of drug-likeness (QED) is 0.681. The highest BCUT2D eigenvalue weighted by atomic mass is 32.2. The predicted molar refractivity (Wildman–Crippen MR) is 121 cm³/mol. The van der Waals surface area contributed by atoms with E-state index in [4.69, 9.17) is 0 Å². The largest absolute Gasteiger partial charge is 0.369 e. The van der Waals surface area contributed by atoms with Crippen molar-refractivity contribution in [2.75, 3.05) is 37.6 Å². The maximum Gasteiger partial charge on any atom is 0.243 e. The minimum atomic E-state index is -3.67. The highest BCUT2D eigenvalue weighted by molar-refractivity contribution is 7.89. The molecule has 0 radical (unpaired) electrons. The van der Waals surface area contributed by atoms with Gasteiger partial charge in [-0.15, -0.1) is 0 Å². The molecular formula is C22H29N3O4S2. The Kier molecular flexibility index (Phi) is 6.39. The first kappa shape index (κ1) is 22.3. The lowest BCUT2D eigenvalue weighted by Gasteiger charge is -2.35. The van der Waals surface area contributed by atoms with E-state index in [9.17, 15) is 16.8 Å². The van der Waals surface area contributed by atoms with E-state index >= 15 is 0 Å². The van der Waals surface area contributed by atoms with Crippen molar-refractivity contribution in [2.45, 2.75) is 42.0 Å². The van der Waals surface area contributed by atoms with Gasteiger partial charge in [-0.3, -0.25) is 0 Å². The number of anilines is 1. The first-order valence-electron chi connectivity index (χ1n) is 10.7. The molecule has 0 amide bonds. The number of rotatable bonds is 5. The standard InChI is InChI=1S/C22H29N3O4S2/c1-19-7-5-6-14-25(19)31(28,29)22-12-10-21(11-13-22)30(26,27)24-17-15-23(16-18-24)20-8-3-2-4-9-20/h2-4,8-13,19H,5-7,14-18H2,1H3/t19-/m0/s1. The molecule has 0 bridgehead atoms. The molecule has 0 unspecified atom stereocenters. The molecule has 2 saturated heterocycles. The predicted octanol–water partition coefficient (Wildman–Crippen LogP) is 2.76. The van der Waals surface area contributed by atoms with Gasteiger partial charge in [0.1, 0.15) is 0 Å². The lowest BCUT2D eigenvalue weighted by atomic mass is 10.1. The van der Waals surface area contributed by atoms with Crippen LogP contribution in [0.3, 0.4) is 0 Å². The molecule has 4 rings (SSSR count). The molecule has 1 atom stereocenters. The van der Waals surface area contributed by atoms with Crippen LogP contribution in [0.2, 0.25) is 0 Å². The highest BCUT2D eigenvalue weighted by Gasteiger charge is 2.32. The zero-order valence-corrected chi connectivity index (χ0v) is 19.4. The van der Waals surface area contributed by atoms with Crippen LogP contribution in [0.5, 0.6) is 0 Å². The number of para-hydroxylation sites is 1. The molecule has 2 aromatic carbocycles. The summed E-state index contributed by atoms with van der Waals surface area (Å²) in [5, 5.41) is 0. The number of piperazine rings is 1. The third kappa shape index (κ3) is 4.50. The second kappa shape index (κ2) is 8.90. The molecule has 0 aliphatic carbocycles. The Morgan fingerprint density at radius 2 is 1.29 bits per heavy atom. The topological polar surface area (TPSA) is 78.0 Å². The summed E-state index contributed by atoms with van der Waals surface area (Å²) >= 11 is 0. The van der Waals surface area contributed by atoms with Crippen molar-refractivity contribution in [3.05, 3.63) is 54.6 Å². The number of sulfonamides is 2. The summed E-state index contributed by atoms with van der Waals surface area (Å²) in [4.78, 5) is 2.45. The van der Waals surface area contributed by atoms with Crippen molar-refractivity contribution < 1.29 is 16.8 Å². The molecule has 0 saturated carbocycles. The second-order valence-corrected chi connectivity index (χ2v) is 12.0. The zero-order valence-electron chi connectivity index (χ0n) is 17.7. The summed E-state index contributed by atoms with van der Waals surface area (Å²) in [5.74, 6) is 0. The molecule has 9 heteroatoms. The SMILES string of the molecule is C[C@H]1CCCCN1S(=O)(=O)c1ccc(S(=O)(=O)N2CCN(c3ccccc3)CC2)cc1. The zero-order chi connectivity index (χ0) is 22.1. The van der Waals surface area contributed by atoms with Crippen LogP contribution in [0.4, 0.5) is 5.69 Å². The fraction of sp³-hybridized carbons (Fsp3) is 0.455. The summed E-state index contributed by atoms with van der Waals surface area (Å²) < 4.78 is 55.2. The first-order valence-corrected chi connectivity index (χ1v) is 13.6. The molecule has 2 fully saturated rings. The van der Waals surface area contributed by atoms with E-state index < -0.39 is 20.0 Å².